The van der Waals surface area contributed by atoms with Crippen molar-refractivity contribution in [3.8, 4) is 5.75 Å². The second kappa shape index (κ2) is 9.04. The van der Waals surface area contributed by atoms with Crippen LogP contribution in [0.1, 0.15) is 5.56 Å². The number of ether oxygens (including phenoxy) is 1. The number of aromatic amines is 1. The SMILES string of the molecule is COc1ccc(N2CCN(CCc3ccc4[nH]c(=O)oc4c3)CC2)c2ccccc12.Cl. The summed E-state index contributed by atoms with van der Waals surface area (Å²) in [6.45, 7) is 5.06. The summed E-state index contributed by atoms with van der Waals surface area (Å²) >= 11 is 0. The molecule has 1 aliphatic rings. The van der Waals surface area contributed by atoms with Gasteiger partial charge in [-0.2, -0.15) is 0 Å². The van der Waals surface area contributed by atoms with Gasteiger partial charge in [0.2, 0.25) is 0 Å². The maximum Gasteiger partial charge on any atom is 0.417 e. The first-order valence-corrected chi connectivity index (χ1v) is 10.4. The summed E-state index contributed by atoms with van der Waals surface area (Å²) in [6.07, 6.45) is 0.941. The fraction of sp³-hybridized carbons (Fsp3) is 0.292. The Kier molecular flexibility index (Phi) is 6.20. The van der Waals surface area contributed by atoms with Gasteiger partial charge in [-0.05, 0) is 36.2 Å². The van der Waals surface area contributed by atoms with Crippen molar-refractivity contribution in [3.63, 3.8) is 0 Å². The Hall–Kier alpha value is -2.96. The first-order valence-electron chi connectivity index (χ1n) is 10.4. The Morgan fingerprint density at radius 2 is 1.77 bits per heavy atom. The molecule has 0 unspecified atom stereocenters. The molecule has 2 heterocycles. The molecule has 31 heavy (non-hydrogen) atoms. The number of methoxy groups -OCH3 is 1. The van der Waals surface area contributed by atoms with Crippen LogP contribution in [0.4, 0.5) is 5.69 Å². The third kappa shape index (κ3) is 4.27. The third-order valence-corrected chi connectivity index (χ3v) is 6.00. The molecule has 162 valence electrons. The quantitative estimate of drug-likeness (QED) is 0.508. The van der Waals surface area contributed by atoms with Crippen LogP contribution in [0, 0.1) is 0 Å². The van der Waals surface area contributed by atoms with Gasteiger partial charge < -0.3 is 14.1 Å². The van der Waals surface area contributed by atoms with Gasteiger partial charge in [0, 0.05) is 49.2 Å². The zero-order valence-electron chi connectivity index (χ0n) is 17.5. The summed E-state index contributed by atoms with van der Waals surface area (Å²) in [5.74, 6) is 0.521. The molecule has 1 aliphatic heterocycles. The van der Waals surface area contributed by atoms with Gasteiger partial charge in [0.1, 0.15) is 5.75 Å². The first-order chi connectivity index (χ1) is 14.7. The van der Waals surface area contributed by atoms with Gasteiger partial charge in [-0.3, -0.25) is 9.88 Å². The van der Waals surface area contributed by atoms with E-state index in [1.54, 1.807) is 7.11 Å². The summed E-state index contributed by atoms with van der Waals surface area (Å²) in [6, 6.07) is 18.6. The zero-order valence-corrected chi connectivity index (χ0v) is 18.3. The highest BCUT2D eigenvalue weighted by Crippen LogP contribution is 2.34. The van der Waals surface area contributed by atoms with E-state index < -0.39 is 5.76 Å². The summed E-state index contributed by atoms with van der Waals surface area (Å²) in [5, 5.41) is 2.40. The van der Waals surface area contributed by atoms with Gasteiger partial charge in [0.05, 0.1) is 12.6 Å². The van der Waals surface area contributed by atoms with Crippen molar-refractivity contribution in [2.45, 2.75) is 6.42 Å². The van der Waals surface area contributed by atoms with Crippen molar-refractivity contribution in [2.24, 2.45) is 0 Å². The van der Waals surface area contributed by atoms with E-state index >= 15 is 0 Å². The predicted molar refractivity (Wildman–Crippen MR) is 127 cm³/mol. The lowest BCUT2D eigenvalue weighted by Crippen LogP contribution is -2.47. The molecule has 1 fully saturated rings. The lowest BCUT2D eigenvalue weighted by atomic mass is 10.1. The number of fused-ring (bicyclic) bond motifs is 2. The van der Waals surface area contributed by atoms with Gasteiger partial charge >= 0.3 is 5.76 Å². The summed E-state index contributed by atoms with van der Waals surface area (Å²) in [4.78, 5) is 19.0. The number of hydrogen-bond acceptors (Lipinski definition) is 5. The fourth-order valence-corrected chi connectivity index (χ4v) is 4.35. The van der Waals surface area contributed by atoms with E-state index in [1.165, 1.54) is 16.6 Å². The van der Waals surface area contributed by atoms with Crippen molar-refractivity contribution in [3.05, 3.63) is 70.7 Å². The highest BCUT2D eigenvalue weighted by molar-refractivity contribution is 5.98. The van der Waals surface area contributed by atoms with E-state index in [4.69, 9.17) is 9.15 Å². The van der Waals surface area contributed by atoms with Crippen LogP contribution in [0.15, 0.2) is 63.8 Å². The Morgan fingerprint density at radius 1 is 1.00 bits per heavy atom. The van der Waals surface area contributed by atoms with E-state index in [0.29, 0.717) is 5.58 Å². The van der Waals surface area contributed by atoms with E-state index in [9.17, 15) is 4.79 Å². The molecule has 0 bridgehead atoms. The van der Waals surface area contributed by atoms with Gasteiger partial charge in [-0.25, -0.2) is 4.79 Å². The highest BCUT2D eigenvalue weighted by Gasteiger charge is 2.19. The van der Waals surface area contributed by atoms with Crippen LogP contribution in [-0.2, 0) is 6.42 Å². The molecule has 1 N–H and O–H groups in total. The van der Waals surface area contributed by atoms with E-state index in [-0.39, 0.29) is 12.4 Å². The molecule has 0 spiro atoms. The molecule has 1 aromatic heterocycles. The van der Waals surface area contributed by atoms with Crippen LogP contribution in [-0.4, -0.2) is 49.7 Å². The number of piperazine rings is 1. The summed E-state index contributed by atoms with van der Waals surface area (Å²) in [7, 11) is 1.72. The Labute approximate surface area is 186 Å². The minimum absolute atomic E-state index is 0. The number of nitrogens with zero attached hydrogens (tertiary/aromatic N) is 2. The van der Waals surface area contributed by atoms with Crippen LogP contribution < -0.4 is 15.4 Å². The average Bonchev–Trinajstić information content (AvgIpc) is 3.16. The predicted octanol–water partition coefficient (Wildman–Crippen LogP) is 4.07. The van der Waals surface area contributed by atoms with Crippen molar-refractivity contribution < 1.29 is 9.15 Å². The molecular weight excluding hydrogens is 414 g/mol. The first kappa shape index (κ1) is 21.3. The number of halogens is 1. The number of H-pyrrole nitrogens is 1. The number of benzene rings is 3. The molecule has 0 saturated carbocycles. The number of rotatable bonds is 5. The van der Waals surface area contributed by atoms with Crippen molar-refractivity contribution in [1.29, 1.82) is 0 Å². The number of oxazole rings is 1. The van der Waals surface area contributed by atoms with Gasteiger partial charge in [-0.1, -0.05) is 30.3 Å². The fourth-order valence-electron chi connectivity index (χ4n) is 4.35. The Balaban J connectivity index is 0.00000231. The lowest BCUT2D eigenvalue weighted by molar-refractivity contribution is 0.261. The van der Waals surface area contributed by atoms with E-state index in [2.05, 4.69) is 57.2 Å². The maximum atomic E-state index is 11.3. The molecule has 5 rings (SSSR count). The normalized spacial score (nSPS) is 14.7. The van der Waals surface area contributed by atoms with Gasteiger partial charge in [0.25, 0.3) is 0 Å². The van der Waals surface area contributed by atoms with Crippen LogP contribution >= 0.6 is 12.4 Å². The number of aromatic nitrogens is 1. The van der Waals surface area contributed by atoms with Crippen molar-refractivity contribution in [2.75, 3.05) is 44.7 Å². The van der Waals surface area contributed by atoms with Crippen LogP contribution in [0.5, 0.6) is 5.75 Å². The molecule has 0 aliphatic carbocycles. The third-order valence-electron chi connectivity index (χ3n) is 6.00. The standard InChI is InChI=1S/C24H25N3O3.ClH/c1-29-22-9-8-21(18-4-2-3-5-19(18)22)27-14-12-26(13-15-27)11-10-17-6-7-20-23(16-17)30-24(28)25-20;/h2-9,16H,10-15H2,1H3,(H,25,28);1H. The molecule has 6 nitrogen and oxygen atoms in total. The van der Waals surface area contributed by atoms with Crippen LogP contribution in [0.25, 0.3) is 21.9 Å². The smallest absolute Gasteiger partial charge is 0.417 e. The summed E-state index contributed by atoms with van der Waals surface area (Å²) in [5.41, 5.74) is 3.85. The topological polar surface area (TPSA) is 61.7 Å². The van der Waals surface area contributed by atoms with Gasteiger partial charge in [0.15, 0.2) is 5.58 Å². The Morgan fingerprint density at radius 3 is 2.55 bits per heavy atom. The lowest BCUT2D eigenvalue weighted by Gasteiger charge is -2.36. The summed E-state index contributed by atoms with van der Waals surface area (Å²) < 4.78 is 10.7. The molecular formula is C24H26ClN3O3. The highest BCUT2D eigenvalue weighted by atomic mass is 35.5. The molecule has 3 aromatic carbocycles. The van der Waals surface area contributed by atoms with Crippen molar-refractivity contribution >= 4 is 40.0 Å². The maximum absolute atomic E-state index is 11.3. The van der Waals surface area contributed by atoms with Gasteiger partial charge in [-0.15, -0.1) is 12.4 Å². The minimum Gasteiger partial charge on any atom is -0.496 e. The van der Waals surface area contributed by atoms with E-state index in [0.717, 1.165) is 55.8 Å². The number of nitrogens with one attached hydrogen (secondary N) is 1. The average molecular weight is 440 g/mol. The minimum atomic E-state index is -0.399. The van der Waals surface area contributed by atoms with Crippen molar-refractivity contribution in [1.82, 2.24) is 9.88 Å². The zero-order chi connectivity index (χ0) is 20.5. The molecule has 0 amide bonds. The van der Waals surface area contributed by atoms with Crippen LogP contribution in [0.2, 0.25) is 0 Å². The monoisotopic (exact) mass is 439 g/mol. The second-order valence-electron chi connectivity index (χ2n) is 7.76. The molecule has 7 heteroatoms. The van der Waals surface area contributed by atoms with E-state index in [1.807, 2.05) is 12.1 Å². The number of anilines is 1. The second-order valence-corrected chi connectivity index (χ2v) is 7.76. The van der Waals surface area contributed by atoms with Crippen LogP contribution in [0.3, 0.4) is 0 Å². The molecule has 0 atom stereocenters. The molecule has 4 aromatic rings. The largest absolute Gasteiger partial charge is 0.496 e. The Bertz CT molecular complexity index is 1240. The molecule has 1 saturated heterocycles. The number of hydrogen-bond donors (Lipinski definition) is 1. The molecule has 0 radical (unpaired) electrons.